The van der Waals surface area contributed by atoms with Crippen molar-refractivity contribution in [1.29, 1.82) is 0 Å². The van der Waals surface area contributed by atoms with Gasteiger partial charge in [-0.1, -0.05) is 71.7 Å². The van der Waals surface area contributed by atoms with Crippen molar-refractivity contribution in [2.75, 3.05) is 13.7 Å². The minimum Gasteiger partial charge on any atom is -0.483 e. The summed E-state index contributed by atoms with van der Waals surface area (Å²) in [5, 5.41) is 3.75. The molecule has 33 heavy (non-hydrogen) atoms. The summed E-state index contributed by atoms with van der Waals surface area (Å²) in [5.41, 5.74) is 1.67. The van der Waals surface area contributed by atoms with Crippen molar-refractivity contribution in [3.05, 3.63) is 98.4 Å². The van der Waals surface area contributed by atoms with E-state index < -0.39 is 6.04 Å². The molecule has 1 atom stereocenters. The number of benzene rings is 3. The number of ether oxygens (including phenoxy) is 1. The van der Waals surface area contributed by atoms with E-state index in [1.807, 2.05) is 48.5 Å². The Hall–Kier alpha value is -2.54. The highest BCUT2D eigenvalue weighted by atomic mass is 79.9. The molecule has 0 unspecified atom stereocenters. The molecule has 8 heteroatoms. The molecule has 0 aromatic heterocycles. The Balaban J connectivity index is 1.89. The van der Waals surface area contributed by atoms with Crippen LogP contribution in [0.5, 0.6) is 5.75 Å². The molecule has 0 saturated carbocycles. The second kappa shape index (κ2) is 12.1. The maximum absolute atomic E-state index is 13.4. The van der Waals surface area contributed by atoms with Crippen LogP contribution in [0.15, 0.2) is 77.3 Å². The predicted octanol–water partition coefficient (Wildman–Crippen LogP) is 5.52. The van der Waals surface area contributed by atoms with Crippen molar-refractivity contribution in [1.82, 2.24) is 10.2 Å². The van der Waals surface area contributed by atoms with Crippen molar-refractivity contribution in [3.8, 4) is 5.75 Å². The smallest absolute Gasteiger partial charge is 0.261 e. The van der Waals surface area contributed by atoms with Gasteiger partial charge in [0.05, 0.1) is 4.47 Å². The van der Waals surface area contributed by atoms with Crippen molar-refractivity contribution in [3.63, 3.8) is 0 Å². The summed E-state index contributed by atoms with van der Waals surface area (Å²) >= 11 is 15.7. The van der Waals surface area contributed by atoms with Crippen LogP contribution in [-0.4, -0.2) is 36.4 Å². The molecule has 0 aliphatic rings. The van der Waals surface area contributed by atoms with E-state index in [2.05, 4.69) is 21.2 Å². The van der Waals surface area contributed by atoms with Gasteiger partial charge in [-0.3, -0.25) is 9.59 Å². The summed E-state index contributed by atoms with van der Waals surface area (Å²) in [4.78, 5) is 27.8. The standard InChI is InChI=1S/C25H23BrCl2N2O3/c1-29-25(32)22(13-17-7-3-2-4-8-17)30(15-18-9-5-6-10-21(18)28)24(31)16-33-23-12-11-19(27)14-20(23)26/h2-12,14,22H,13,15-16H2,1H3,(H,29,32)/t22-/m1/s1. The largest absolute Gasteiger partial charge is 0.483 e. The highest BCUT2D eigenvalue weighted by molar-refractivity contribution is 9.10. The molecule has 2 amide bonds. The normalized spacial score (nSPS) is 11.5. The van der Waals surface area contributed by atoms with E-state index in [-0.39, 0.29) is 25.0 Å². The summed E-state index contributed by atoms with van der Waals surface area (Å²) in [6.45, 7) is -0.0957. The average Bonchev–Trinajstić information content (AvgIpc) is 2.82. The predicted molar refractivity (Wildman–Crippen MR) is 135 cm³/mol. The van der Waals surface area contributed by atoms with Gasteiger partial charge in [0.1, 0.15) is 11.8 Å². The molecule has 0 fully saturated rings. The first-order valence-corrected chi connectivity index (χ1v) is 11.8. The summed E-state index contributed by atoms with van der Waals surface area (Å²) in [6.07, 6.45) is 0.349. The molecule has 172 valence electrons. The van der Waals surface area contributed by atoms with Crippen LogP contribution in [0.2, 0.25) is 10.0 Å². The van der Waals surface area contributed by atoms with Gasteiger partial charge in [-0.05, 0) is 51.3 Å². The van der Waals surface area contributed by atoms with Crippen LogP contribution >= 0.6 is 39.1 Å². The van der Waals surface area contributed by atoms with Crippen LogP contribution in [0.4, 0.5) is 0 Å². The third kappa shape index (κ3) is 6.97. The lowest BCUT2D eigenvalue weighted by Gasteiger charge is -2.31. The van der Waals surface area contributed by atoms with Gasteiger partial charge >= 0.3 is 0 Å². The Morgan fingerprint density at radius 1 is 1.03 bits per heavy atom. The number of likely N-dealkylation sites (N-methyl/N-ethyl adjacent to an activating group) is 1. The zero-order valence-corrected chi connectivity index (χ0v) is 21.0. The molecule has 0 aliphatic carbocycles. The molecule has 0 saturated heterocycles. The lowest BCUT2D eigenvalue weighted by molar-refractivity contribution is -0.142. The van der Waals surface area contributed by atoms with Gasteiger partial charge in [0.15, 0.2) is 6.61 Å². The van der Waals surface area contributed by atoms with E-state index in [1.165, 1.54) is 4.90 Å². The van der Waals surface area contributed by atoms with Gasteiger partial charge < -0.3 is 15.0 Å². The zero-order valence-electron chi connectivity index (χ0n) is 17.9. The Bertz CT molecular complexity index is 1110. The van der Waals surface area contributed by atoms with Crippen LogP contribution in [-0.2, 0) is 22.6 Å². The molecule has 3 aromatic carbocycles. The summed E-state index contributed by atoms with van der Waals surface area (Å²) in [6, 6.07) is 21.1. The number of halogens is 3. The molecule has 3 rings (SSSR count). The van der Waals surface area contributed by atoms with E-state index in [0.29, 0.717) is 26.7 Å². The topological polar surface area (TPSA) is 58.6 Å². The Labute approximate surface area is 211 Å². The van der Waals surface area contributed by atoms with Crippen molar-refractivity contribution in [2.24, 2.45) is 0 Å². The second-order valence-corrected chi connectivity index (χ2v) is 8.99. The number of hydrogen-bond donors (Lipinski definition) is 1. The van der Waals surface area contributed by atoms with Crippen LogP contribution < -0.4 is 10.1 Å². The first-order chi connectivity index (χ1) is 15.9. The van der Waals surface area contributed by atoms with E-state index in [1.54, 1.807) is 31.3 Å². The monoisotopic (exact) mass is 548 g/mol. The number of amides is 2. The number of carbonyl (C=O) groups excluding carboxylic acids is 2. The van der Waals surface area contributed by atoms with Crippen LogP contribution in [0.25, 0.3) is 0 Å². The highest BCUT2D eigenvalue weighted by Crippen LogP contribution is 2.28. The van der Waals surface area contributed by atoms with Gasteiger partial charge in [0.2, 0.25) is 5.91 Å². The molecule has 0 aliphatic heterocycles. The minimum atomic E-state index is -0.751. The zero-order chi connectivity index (χ0) is 23.8. The first-order valence-electron chi connectivity index (χ1n) is 10.2. The van der Waals surface area contributed by atoms with Crippen molar-refractivity contribution in [2.45, 2.75) is 19.0 Å². The number of hydrogen-bond acceptors (Lipinski definition) is 3. The number of nitrogens with one attached hydrogen (secondary N) is 1. The Morgan fingerprint density at radius 2 is 1.73 bits per heavy atom. The van der Waals surface area contributed by atoms with Crippen LogP contribution in [0, 0.1) is 0 Å². The SMILES string of the molecule is CNC(=O)[C@@H](Cc1ccccc1)N(Cc1ccccc1Cl)C(=O)COc1ccc(Cl)cc1Br. The molecular formula is C25H23BrCl2N2O3. The van der Waals surface area contributed by atoms with E-state index in [4.69, 9.17) is 27.9 Å². The molecular weight excluding hydrogens is 527 g/mol. The highest BCUT2D eigenvalue weighted by Gasteiger charge is 2.30. The van der Waals surface area contributed by atoms with Gasteiger partial charge in [-0.25, -0.2) is 0 Å². The quantitative estimate of drug-likeness (QED) is 0.382. The number of nitrogens with zero attached hydrogens (tertiary/aromatic N) is 1. The maximum atomic E-state index is 13.4. The van der Waals surface area contributed by atoms with Crippen LogP contribution in [0.1, 0.15) is 11.1 Å². The third-order valence-corrected chi connectivity index (χ3v) is 6.28. The molecule has 0 bridgehead atoms. The summed E-state index contributed by atoms with van der Waals surface area (Å²) < 4.78 is 6.39. The van der Waals surface area contributed by atoms with E-state index >= 15 is 0 Å². The van der Waals surface area contributed by atoms with Gasteiger partial charge in [0.25, 0.3) is 5.91 Å². The van der Waals surface area contributed by atoms with Gasteiger partial charge in [0, 0.05) is 30.1 Å². The van der Waals surface area contributed by atoms with Gasteiger partial charge in [-0.15, -0.1) is 0 Å². The minimum absolute atomic E-state index is 0.161. The van der Waals surface area contributed by atoms with Crippen molar-refractivity contribution >= 4 is 50.9 Å². The fourth-order valence-corrected chi connectivity index (χ4v) is 4.34. The molecule has 3 aromatic rings. The number of carbonyl (C=O) groups is 2. The maximum Gasteiger partial charge on any atom is 0.261 e. The molecule has 0 radical (unpaired) electrons. The lowest BCUT2D eigenvalue weighted by atomic mass is 10.0. The van der Waals surface area contributed by atoms with Crippen molar-refractivity contribution < 1.29 is 14.3 Å². The molecule has 0 heterocycles. The third-order valence-electron chi connectivity index (χ3n) is 5.06. The van der Waals surface area contributed by atoms with E-state index in [9.17, 15) is 9.59 Å². The second-order valence-electron chi connectivity index (χ2n) is 7.30. The summed E-state index contributed by atoms with van der Waals surface area (Å²) in [7, 11) is 1.56. The van der Waals surface area contributed by atoms with Gasteiger partial charge in [-0.2, -0.15) is 0 Å². The molecule has 0 spiro atoms. The first kappa shape index (κ1) is 25.1. The number of rotatable bonds is 9. The lowest BCUT2D eigenvalue weighted by Crippen LogP contribution is -2.51. The van der Waals surface area contributed by atoms with E-state index in [0.717, 1.165) is 11.1 Å². The average molecular weight is 550 g/mol. The van der Waals surface area contributed by atoms with Crippen LogP contribution in [0.3, 0.4) is 0 Å². The summed E-state index contributed by atoms with van der Waals surface area (Å²) in [5.74, 6) is -0.141. The fraction of sp³-hybridized carbons (Fsp3) is 0.200. The Morgan fingerprint density at radius 3 is 2.39 bits per heavy atom. The molecule has 1 N–H and O–H groups in total. The molecule has 5 nitrogen and oxygen atoms in total. The Kier molecular flexibility index (Phi) is 9.18. The fourth-order valence-electron chi connectivity index (χ4n) is 3.35.